The lowest BCUT2D eigenvalue weighted by molar-refractivity contribution is -0.142. The van der Waals surface area contributed by atoms with Crippen molar-refractivity contribution in [1.29, 1.82) is 0 Å². The first-order valence-electron chi connectivity index (χ1n) is 12.7. The molecule has 3 heterocycles. The van der Waals surface area contributed by atoms with Gasteiger partial charge in [-0.3, -0.25) is 9.69 Å². The number of oxazole rings is 1. The van der Waals surface area contributed by atoms with E-state index in [0.717, 1.165) is 23.0 Å². The largest absolute Gasteiger partial charge is 0.495 e. The molecule has 2 aliphatic rings. The lowest BCUT2D eigenvalue weighted by atomic mass is 9.75. The van der Waals surface area contributed by atoms with Crippen LogP contribution in [0.5, 0.6) is 5.75 Å². The number of carbonyl (C=O) groups is 1. The third-order valence-corrected chi connectivity index (χ3v) is 7.92. The molecule has 202 valence electrons. The van der Waals surface area contributed by atoms with Crippen LogP contribution < -0.4 is 10.2 Å². The molecule has 0 spiro atoms. The molecule has 2 aromatic carbocycles. The molecule has 38 heavy (non-hydrogen) atoms. The summed E-state index contributed by atoms with van der Waals surface area (Å²) in [5.41, 5.74) is 2.61. The Morgan fingerprint density at radius 1 is 1.24 bits per heavy atom. The number of rotatable bonds is 7. The number of aromatic nitrogens is 1. The van der Waals surface area contributed by atoms with E-state index in [9.17, 15) is 18.7 Å². The Hall–Kier alpha value is -3.02. The zero-order valence-electron chi connectivity index (χ0n) is 22.1. The topological polar surface area (TPSA) is 94.3 Å². The van der Waals surface area contributed by atoms with Gasteiger partial charge in [0.1, 0.15) is 17.3 Å². The summed E-state index contributed by atoms with van der Waals surface area (Å²) in [5, 5.41) is 9.52. The summed E-state index contributed by atoms with van der Waals surface area (Å²) >= 11 is 0. The van der Waals surface area contributed by atoms with Gasteiger partial charge >= 0.3 is 19.7 Å². The highest BCUT2D eigenvalue weighted by Crippen LogP contribution is 2.38. The first-order chi connectivity index (χ1) is 17.9. The van der Waals surface area contributed by atoms with E-state index in [1.807, 2.05) is 52.8 Å². The van der Waals surface area contributed by atoms with Gasteiger partial charge in [-0.25, -0.2) is 4.98 Å². The number of aliphatic carboxylic acids is 1. The second kappa shape index (κ2) is 9.62. The number of hydrogen-bond acceptors (Lipinski definition) is 7. The molecule has 0 amide bonds. The van der Waals surface area contributed by atoms with E-state index in [1.165, 1.54) is 6.07 Å². The smallest absolute Gasteiger partial charge is 0.480 e. The molecule has 11 heteroatoms. The van der Waals surface area contributed by atoms with Gasteiger partial charge in [-0.2, -0.15) is 8.78 Å². The minimum Gasteiger partial charge on any atom is -0.480 e. The van der Waals surface area contributed by atoms with Gasteiger partial charge in [0.05, 0.1) is 11.2 Å². The van der Waals surface area contributed by atoms with Gasteiger partial charge in [-0.05, 0) is 77.2 Å². The van der Waals surface area contributed by atoms with Gasteiger partial charge < -0.3 is 23.6 Å². The Morgan fingerprint density at radius 3 is 2.61 bits per heavy atom. The highest BCUT2D eigenvalue weighted by atomic mass is 19.3. The summed E-state index contributed by atoms with van der Waals surface area (Å²) in [6, 6.07) is 8.03. The average Bonchev–Trinajstić information content (AvgIpc) is 3.49. The fourth-order valence-corrected chi connectivity index (χ4v) is 5.07. The van der Waals surface area contributed by atoms with Crippen molar-refractivity contribution in [2.75, 3.05) is 6.54 Å². The Bertz CT molecular complexity index is 1360. The van der Waals surface area contributed by atoms with Crippen molar-refractivity contribution in [2.45, 2.75) is 77.9 Å². The number of carboxylic acids is 1. The van der Waals surface area contributed by atoms with E-state index in [2.05, 4.69) is 4.98 Å². The van der Waals surface area contributed by atoms with Crippen LogP contribution in [0.25, 0.3) is 22.6 Å². The zero-order chi connectivity index (χ0) is 27.4. The molecular weight excluding hydrogens is 497 g/mol. The summed E-state index contributed by atoms with van der Waals surface area (Å²) in [6.45, 7) is 7.55. The maximum atomic E-state index is 13.2. The molecule has 0 bridgehead atoms. The van der Waals surface area contributed by atoms with Crippen molar-refractivity contribution in [2.24, 2.45) is 0 Å². The number of fused-ring (bicyclic) bond motifs is 1. The van der Waals surface area contributed by atoms with Crippen LogP contribution in [0.15, 0.2) is 34.7 Å². The number of carboxylic acid groups (broad SMARTS) is 1. The minimum absolute atomic E-state index is 0.0612. The third-order valence-electron chi connectivity index (χ3n) is 7.92. The predicted molar refractivity (Wildman–Crippen MR) is 138 cm³/mol. The fourth-order valence-electron chi connectivity index (χ4n) is 5.07. The van der Waals surface area contributed by atoms with Crippen LogP contribution in [0.3, 0.4) is 0 Å². The summed E-state index contributed by atoms with van der Waals surface area (Å²) in [4.78, 5) is 18.0. The van der Waals surface area contributed by atoms with Crippen LogP contribution in [0.4, 0.5) is 8.78 Å². The van der Waals surface area contributed by atoms with E-state index in [4.69, 9.17) is 18.5 Å². The molecule has 1 atom stereocenters. The second-order valence-electron chi connectivity index (χ2n) is 10.9. The number of alkyl halides is 2. The molecule has 8 nitrogen and oxygen atoms in total. The van der Waals surface area contributed by atoms with Crippen molar-refractivity contribution < 1.29 is 37.1 Å². The van der Waals surface area contributed by atoms with E-state index in [-0.39, 0.29) is 17.9 Å². The first-order valence-corrected chi connectivity index (χ1v) is 12.7. The normalized spacial score (nSPS) is 21.1. The van der Waals surface area contributed by atoms with Gasteiger partial charge in [0.15, 0.2) is 5.58 Å². The molecule has 0 unspecified atom stereocenters. The van der Waals surface area contributed by atoms with Crippen molar-refractivity contribution >= 4 is 29.7 Å². The maximum Gasteiger partial charge on any atom is 0.495 e. The molecule has 5 rings (SSSR count). The number of ether oxygens (including phenoxy) is 1. The maximum absolute atomic E-state index is 13.2. The van der Waals surface area contributed by atoms with Crippen molar-refractivity contribution in [3.05, 3.63) is 41.5 Å². The monoisotopic (exact) mass is 528 g/mol. The molecular formula is C27H31BF2N2O6. The standard InChI is InChI=1S/C27H31BF2N2O6/c1-15-17(8-6-9-18(15)28-37-26(2,3)27(4,5)38-28)23-31-19-12-16(14-32-11-7-10-20(32)24(33)34)21(36-25(29)30)13-22(19)35-23/h6,8-9,12-13,20,25H,7,10-11,14H2,1-5H3,(H,33,34)/t20-/m0/s1. The van der Waals surface area contributed by atoms with E-state index >= 15 is 0 Å². The SMILES string of the molecule is Cc1c(B2OC(C)(C)C(C)(C)O2)cccc1-c1nc2cc(CN3CCC[C@H]3C(=O)O)c(OC(F)F)cc2o1. The van der Waals surface area contributed by atoms with Crippen LogP contribution >= 0.6 is 0 Å². The molecule has 0 aliphatic carbocycles. The summed E-state index contributed by atoms with van der Waals surface area (Å²) in [5.74, 6) is -0.671. The van der Waals surface area contributed by atoms with E-state index in [1.54, 1.807) is 11.0 Å². The van der Waals surface area contributed by atoms with Crippen LogP contribution in [0.1, 0.15) is 51.7 Å². The third kappa shape index (κ3) is 4.78. The number of hydrogen-bond donors (Lipinski definition) is 1. The van der Waals surface area contributed by atoms with E-state index < -0.39 is 36.9 Å². The molecule has 0 radical (unpaired) electrons. The van der Waals surface area contributed by atoms with Gasteiger partial charge in [-0.15, -0.1) is 0 Å². The molecule has 1 aromatic heterocycles. The Kier molecular flexibility index (Phi) is 6.73. The molecule has 2 aliphatic heterocycles. The van der Waals surface area contributed by atoms with Gasteiger partial charge in [0.2, 0.25) is 5.89 Å². The van der Waals surface area contributed by atoms with Crippen molar-refractivity contribution in [3.8, 4) is 17.2 Å². The number of halogens is 2. The quantitative estimate of drug-likeness (QED) is 0.439. The lowest BCUT2D eigenvalue weighted by Crippen LogP contribution is -2.41. The highest BCUT2D eigenvalue weighted by molar-refractivity contribution is 6.62. The van der Waals surface area contributed by atoms with Crippen molar-refractivity contribution in [1.82, 2.24) is 9.88 Å². The Balaban J connectivity index is 1.51. The van der Waals surface area contributed by atoms with Gasteiger partial charge in [0.25, 0.3) is 0 Å². The number of benzene rings is 2. The Labute approximate surface area is 220 Å². The molecule has 0 saturated carbocycles. The van der Waals surface area contributed by atoms with E-state index in [0.29, 0.717) is 29.9 Å². The lowest BCUT2D eigenvalue weighted by Gasteiger charge is -2.32. The summed E-state index contributed by atoms with van der Waals surface area (Å²) < 4.78 is 49.8. The van der Waals surface area contributed by atoms with Crippen molar-refractivity contribution in [3.63, 3.8) is 0 Å². The summed E-state index contributed by atoms with van der Waals surface area (Å²) in [7, 11) is -0.565. The van der Waals surface area contributed by atoms with Crippen LogP contribution in [0, 0.1) is 6.92 Å². The average molecular weight is 528 g/mol. The number of likely N-dealkylation sites (tertiary alicyclic amines) is 1. The second-order valence-corrected chi connectivity index (χ2v) is 10.9. The van der Waals surface area contributed by atoms with Crippen LogP contribution in [0.2, 0.25) is 0 Å². The zero-order valence-corrected chi connectivity index (χ0v) is 22.1. The molecule has 2 fully saturated rings. The fraction of sp³-hybridized carbons (Fsp3) is 0.481. The van der Waals surface area contributed by atoms with Crippen LogP contribution in [-0.4, -0.2) is 58.5 Å². The summed E-state index contributed by atoms with van der Waals surface area (Å²) in [6.07, 6.45) is 1.23. The molecule has 3 aromatic rings. The first kappa shape index (κ1) is 26.6. The Morgan fingerprint density at radius 2 is 1.95 bits per heavy atom. The van der Waals surface area contributed by atoms with Gasteiger partial charge in [0, 0.05) is 23.7 Å². The van der Waals surface area contributed by atoms with Crippen LogP contribution in [-0.2, 0) is 20.6 Å². The van der Waals surface area contributed by atoms with Gasteiger partial charge in [-0.1, -0.05) is 12.1 Å². The predicted octanol–water partition coefficient (Wildman–Crippen LogP) is 4.75. The minimum atomic E-state index is -3.04. The number of nitrogens with zero attached hydrogens (tertiary/aromatic N) is 2. The molecule has 1 N–H and O–H groups in total. The highest BCUT2D eigenvalue weighted by Gasteiger charge is 2.52. The molecule has 2 saturated heterocycles.